The molecule has 95 heavy (non-hydrogen) atoms. The zero-order chi connectivity index (χ0) is 69.7. The molecule has 10 amide bonds. The summed E-state index contributed by atoms with van der Waals surface area (Å²) in [7, 11) is 0. The highest BCUT2D eigenvalue weighted by Gasteiger charge is 2.36. The van der Waals surface area contributed by atoms with Crippen molar-refractivity contribution in [2.75, 3.05) is 45.9 Å². The molecule has 1 heterocycles. The van der Waals surface area contributed by atoms with E-state index in [1.807, 2.05) is 43.3 Å². The van der Waals surface area contributed by atoms with Gasteiger partial charge in [0.1, 0.15) is 54.9 Å². The largest absolute Gasteiger partial charge is 0.372 e. The number of ether oxygens (including phenoxy) is 1. The summed E-state index contributed by atoms with van der Waals surface area (Å²) in [5, 5.41) is 67.6. The second-order valence-electron chi connectivity index (χ2n) is 22.9. The van der Waals surface area contributed by atoms with Crippen molar-refractivity contribution < 1.29 is 52.7 Å². The van der Waals surface area contributed by atoms with E-state index in [9.17, 15) is 33.6 Å². The molecular formula is C62H96N22O11. The van der Waals surface area contributed by atoms with Crippen LogP contribution in [-0.2, 0) is 65.5 Å². The van der Waals surface area contributed by atoms with Crippen molar-refractivity contribution in [3.05, 3.63) is 83.9 Å². The van der Waals surface area contributed by atoms with Crippen molar-refractivity contribution in [2.24, 2.45) is 28.7 Å². The van der Waals surface area contributed by atoms with Gasteiger partial charge in [0.05, 0.1) is 0 Å². The number of rotatable bonds is 34. The number of nitrogens with one attached hydrogen (secondary N) is 17. The maximum absolute atomic E-state index is 15.1. The van der Waals surface area contributed by atoms with Crippen molar-refractivity contribution >= 4 is 93.7 Å². The van der Waals surface area contributed by atoms with Gasteiger partial charge in [-0.1, -0.05) is 79.7 Å². The molecule has 0 spiro atoms. The van der Waals surface area contributed by atoms with Crippen LogP contribution in [-0.4, -0.2) is 177 Å². The molecule has 0 aliphatic carbocycles. The first-order chi connectivity index (χ1) is 45.4. The van der Waals surface area contributed by atoms with Crippen molar-refractivity contribution in [3.63, 3.8) is 0 Å². The Morgan fingerprint density at radius 3 is 1.24 bits per heavy atom. The predicted molar refractivity (Wildman–Crippen MR) is 356 cm³/mol. The van der Waals surface area contributed by atoms with Crippen LogP contribution in [0.15, 0.2) is 72.8 Å². The van der Waals surface area contributed by atoms with Crippen molar-refractivity contribution in [3.8, 4) is 0 Å². The zero-order valence-corrected chi connectivity index (χ0v) is 53.7. The van der Waals surface area contributed by atoms with E-state index >= 15 is 14.4 Å². The van der Waals surface area contributed by atoms with Gasteiger partial charge in [-0.2, -0.15) is 0 Å². The van der Waals surface area contributed by atoms with Gasteiger partial charge in [-0.25, -0.2) is 0 Å². The molecule has 520 valence electrons. The number of hydrogen-bond donors (Lipinski definition) is 22. The lowest BCUT2D eigenvalue weighted by molar-refractivity contribution is -0.135. The van der Waals surface area contributed by atoms with Crippen LogP contribution in [0.2, 0.25) is 0 Å². The van der Waals surface area contributed by atoms with E-state index in [-0.39, 0.29) is 128 Å². The molecular weight excluding hydrogens is 1230 g/mol. The lowest BCUT2D eigenvalue weighted by atomic mass is 9.99. The van der Waals surface area contributed by atoms with Crippen LogP contribution in [0.5, 0.6) is 0 Å². The summed E-state index contributed by atoms with van der Waals surface area (Å²) in [4.78, 5) is 143. The number of amides is 10. The van der Waals surface area contributed by atoms with Gasteiger partial charge in [0.25, 0.3) is 0 Å². The molecule has 33 nitrogen and oxygen atoms in total. The van der Waals surface area contributed by atoms with Crippen molar-refractivity contribution in [2.45, 2.75) is 158 Å². The van der Waals surface area contributed by atoms with Crippen LogP contribution in [0.4, 0.5) is 0 Å². The van der Waals surface area contributed by atoms with Gasteiger partial charge in [0.15, 0.2) is 23.8 Å². The molecule has 0 aromatic heterocycles. The number of nitrogens with two attached hydrogens (primary N) is 5. The Morgan fingerprint density at radius 1 is 0.442 bits per heavy atom. The van der Waals surface area contributed by atoms with Crippen LogP contribution >= 0.6 is 0 Å². The van der Waals surface area contributed by atoms with Gasteiger partial charge in [-0.05, 0) is 105 Å². The second-order valence-corrected chi connectivity index (χ2v) is 22.9. The number of carbonyl (C=O) groups is 10. The third kappa shape index (κ3) is 30.3. The molecule has 8 atom stereocenters. The fourth-order valence-corrected chi connectivity index (χ4v) is 10.1. The summed E-state index contributed by atoms with van der Waals surface area (Å²) >= 11 is 0. The van der Waals surface area contributed by atoms with Gasteiger partial charge in [0.2, 0.25) is 59.1 Å². The molecule has 0 bridgehead atoms. The van der Waals surface area contributed by atoms with Crippen LogP contribution in [0.1, 0.15) is 108 Å². The number of hydrogen-bond acceptors (Lipinski definition) is 15. The maximum Gasteiger partial charge on any atom is 0.246 e. The first-order valence-electron chi connectivity index (χ1n) is 31.8. The maximum atomic E-state index is 15.1. The molecule has 3 aromatic carbocycles. The fourth-order valence-electron chi connectivity index (χ4n) is 10.1. The Kier molecular flexibility index (Phi) is 34.1. The molecule has 3 aromatic rings. The average molecular weight is 1330 g/mol. The highest BCUT2D eigenvalue weighted by Crippen LogP contribution is 2.18. The lowest BCUT2D eigenvalue weighted by Gasteiger charge is -2.28. The number of fused-ring (bicyclic) bond motifs is 1. The van der Waals surface area contributed by atoms with Gasteiger partial charge >= 0.3 is 0 Å². The summed E-state index contributed by atoms with van der Waals surface area (Å²) in [5.74, 6) is -9.70. The van der Waals surface area contributed by atoms with E-state index in [0.717, 1.165) is 10.8 Å². The minimum absolute atomic E-state index is 0.0331. The molecule has 0 saturated carbocycles. The minimum atomic E-state index is -1.62. The smallest absolute Gasteiger partial charge is 0.246 e. The summed E-state index contributed by atoms with van der Waals surface area (Å²) in [5.41, 5.74) is 28.9. The highest BCUT2D eigenvalue weighted by atomic mass is 16.5. The number of unbranched alkanes of at least 4 members (excludes halogenated alkanes) is 1. The van der Waals surface area contributed by atoms with Gasteiger partial charge in [-0.15, -0.1) is 0 Å². The summed E-state index contributed by atoms with van der Waals surface area (Å²) in [6.07, 6.45) is 0.223. The zero-order valence-electron chi connectivity index (χ0n) is 53.7. The van der Waals surface area contributed by atoms with E-state index < -0.39 is 126 Å². The molecule has 1 aliphatic rings. The summed E-state index contributed by atoms with van der Waals surface area (Å²) in [6, 6.07) is 9.97. The first kappa shape index (κ1) is 77.1. The van der Waals surface area contributed by atoms with Crippen molar-refractivity contribution in [1.29, 1.82) is 21.6 Å². The SMILES string of the molecule is CCCOCC(=O)NC(CCCCNC(=O)CCC1NC(=O)[C@@H](CCCNC(=N)N)NC(=O)C(CCCNC(=N)N)NC(=O)[C@@H](CCCNC(=N)N)NC(=O)C(CCCNC(=N)N)NC(=O)C(Cc2ccc3ccccc3c2)NC(=O)C(Cc2ccccc2)NC1=O)C(N)=O. The van der Waals surface area contributed by atoms with Crippen LogP contribution < -0.4 is 97.8 Å². The first-order valence-corrected chi connectivity index (χ1v) is 31.8. The summed E-state index contributed by atoms with van der Waals surface area (Å²) < 4.78 is 5.25. The number of benzene rings is 3. The minimum Gasteiger partial charge on any atom is -0.372 e. The second kappa shape index (κ2) is 42.0. The molecule has 6 unspecified atom stereocenters. The van der Waals surface area contributed by atoms with E-state index in [4.69, 9.17) is 55.0 Å². The van der Waals surface area contributed by atoms with Crippen LogP contribution in [0, 0.1) is 21.6 Å². The van der Waals surface area contributed by atoms with Gasteiger partial charge in [-0.3, -0.25) is 69.6 Å². The monoisotopic (exact) mass is 1320 g/mol. The third-order valence-corrected chi connectivity index (χ3v) is 15.1. The number of carbonyl (C=O) groups excluding carboxylic acids is 10. The van der Waals surface area contributed by atoms with Gasteiger partial charge < -0.3 is 103 Å². The standard InChI is InChI=1S/C62H96N22O11/c1-2-32-95-36-50(86)77-41(51(63)87)18-8-9-27-72-49(85)26-25-46-56(92)83-47(34-37-14-4-3-5-15-37)58(94)84-48(35-38-23-24-39-16-6-7-17-40(39)33-38)57(93)81-45(22-13-31-76-62(70)71)54(90)79-43(20-11-29-74-60(66)67)52(88)78-42(19-10-28-73-59(64)65)53(89)80-44(55(91)82-46)21-12-30-75-61(68)69/h3-7,14-17,23-24,33,41-48H,2,8-13,18-22,25-32,34-36H2,1H3,(H2,63,87)(H,72,85)(H,77,86)(H,78,88)(H,79,90)(H,80,89)(H,81,93)(H,82,91)(H,83,92)(H,84,94)(H4,64,65,73)(H4,66,67,74)(H4,68,69,75)(H4,70,71,76)/t41?,42?,43-,44-,45?,46?,47?,48?/m1/s1. The molecule has 1 fully saturated rings. The fraction of sp³-hybridized carbons (Fsp3) is 0.516. The molecule has 4 rings (SSSR count). The van der Waals surface area contributed by atoms with Gasteiger partial charge in [0, 0.05) is 58.6 Å². The predicted octanol–water partition coefficient (Wildman–Crippen LogP) is -3.45. The highest BCUT2D eigenvalue weighted by molar-refractivity contribution is 5.99. The molecule has 33 heteroatoms. The lowest BCUT2D eigenvalue weighted by Crippen LogP contribution is -2.60. The Hall–Kier alpha value is -10.3. The van der Waals surface area contributed by atoms with E-state index in [1.54, 1.807) is 36.4 Å². The third-order valence-electron chi connectivity index (χ3n) is 15.1. The van der Waals surface area contributed by atoms with Crippen LogP contribution in [0.25, 0.3) is 10.8 Å². The van der Waals surface area contributed by atoms with Crippen LogP contribution in [0.3, 0.4) is 0 Å². The normalized spacial score (nSPS) is 19.4. The molecule has 27 N–H and O–H groups in total. The Labute approximate surface area is 551 Å². The van der Waals surface area contributed by atoms with E-state index in [1.165, 1.54) is 0 Å². The Bertz CT molecular complexity index is 3100. The molecule has 0 radical (unpaired) electrons. The quantitative estimate of drug-likeness (QED) is 0.0157. The number of primary amides is 1. The summed E-state index contributed by atoms with van der Waals surface area (Å²) in [6.45, 7) is 2.26. The van der Waals surface area contributed by atoms with E-state index in [2.05, 4.69) is 69.1 Å². The average Bonchev–Trinajstić information content (AvgIpc) is 1.13. The van der Waals surface area contributed by atoms with E-state index in [0.29, 0.717) is 37.0 Å². The Morgan fingerprint density at radius 2 is 0.821 bits per heavy atom. The van der Waals surface area contributed by atoms with Crippen molar-refractivity contribution in [1.82, 2.24) is 69.1 Å². The number of guanidine groups is 4. The molecule has 1 saturated heterocycles. The topological polar surface area (TPSA) is 562 Å². The molecule has 1 aliphatic heterocycles. The Balaban J connectivity index is 1.86.